The molecular formula is C16H23NO2S. The van der Waals surface area contributed by atoms with E-state index in [2.05, 4.69) is 19.1 Å². The summed E-state index contributed by atoms with van der Waals surface area (Å²) in [4.78, 5) is 15.1. The number of hydrogen-bond acceptors (Lipinski definition) is 3. The van der Waals surface area contributed by atoms with Gasteiger partial charge in [0.15, 0.2) is 0 Å². The maximum atomic E-state index is 12.2. The molecule has 1 amide bonds. The van der Waals surface area contributed by atoms with E-state index < -0.39 is 0 Å². The molecule has 2 atom stereocenters. The van der Waals surface area contributed by atoms with Crippen LogP contribution in [0.15, 0.2) is 29.2 Å². The van der Waals surface area contributed by atoms with Gasteiger partial charge in [0.2, 0.25) is 5.91 Å². The van der Waals surface area contributed by atoms with Gasteiger partial charge < -0.3 is 10.0 Å². The molecule has 0 aromatic heterocycles. The second kappa shape index (κ2) is 7.14. The molecule has 2 rings (SSSR count). The number of carbonyl (C=O) groups excluding carboxylic acids is 1. The minimum absolute atomic E-state index is 0.00475. The van der Waals surface area contributed by atoms with Gasteiger partial charge in [-0.05, 0) is 31.9 Å². The molecule has 0 radical (unpaired) electrons. The summed E-state index contributed by atoms with van der Waals surface area (Å²) in [6.07, 6.45) is 3.54. The smallest absolute Gasteiger partial charge is 0.233 e. The molecule has 1 saturated carbocycles. The van der Waals surface area contributed by atoms with Crippen LogP contribution in [-0.4, -0.2) is 40.9 Å². The summed E-state index contributed by atoms with van der Waals surface area (Å²) in [7, 11) is 1.82. The molecule has 1 aliphatic rings. The highest BCUT2D eigenvalue weighted by Gasteiger charge is 2.29. The third-order valence-corrected chi connectivity index (χ3v) is 4.96. The Kier molecular flexibility index (Phi) is 5.49. The highest BCUT2D eigenvalue weighted by molar-refractivity contribution is 8.00. The van der Waals surface area contributed by atoms with E-state index in [-0.39, 0.29) is 18.1 Å². The summed E-state index contributed by atoms with van der Waals surface area (Å²) in [6.45, 7) is 2.05. The van der Waals surface area contributed by atoms with Crippen LogP contribution in [0.5, 0.6) is 0 Å². The van der Waals surface area contributed by atoms with Crippen LogP contribution in [0.4, 0.5) is 0 Å². The average molecular weight is 293 g/mol. The minimum Gasteiger partial charge on any atom is -0.391 e. The lowest BCUT2D eigenvalue weighted by molar-refractivity contribution is -0.132. The predicted molar refractivity (Wildman–Crippen MR) is 82.9 cm³/mol. The molecule has 0 spiro atoms. The van der Waals surface area contributed by atoms with Crippen LogP contribution in [0.3, 0.4) is 0 Å². The summed E-state index contributed by atoms with van der Waals surface area (Å²) in [5.74, 6) is 0.532. The van der Waals surface area contributed by atoms with Gasteiger partial charge in [0.05, 0.1) is 17.9 Å². The topological polar surface area (TPSA) is 40.5 Å². The molecule has 2 unspecified atom stereocenters. The van der Waals surface area contributed by atoms with E-state index in [1.165, 1.54) is 5.56 Å². The van der Waals surface area contributed by atoms with E-state index in [1.807, 2.05) is 19.2 Å². The Hall–Kier alpha value is -1.00. The zero-order valence-corrected chi connectivity index (χ0v) is 13.0. The highest BCUT2D eigenvalue weighted by atomic mass is 32.2. The van der Waals surface area contributed by atoms with Gasteiger partial charge in [-0.25, -0.2) is 0 Å². The van der Waals surface area contributed by atoms with Crippen molar-refractivity contribution in [1.29, 1.82) is 0 Å². The van der Waals surface area contributed by atoms with Crippen molar-refractivity contribution in [2.75, 3.05) is 12.8 Å². The van der Waals surface area contributed by atoms with Crippen LogP contribution in [0, 0.1) is 6.92 Å². The molecular weight excluding hydrogens is 270 g/mol. The van der Waals surface area contributed by atoms with E-state index >= 15 is 0 Å². The van der Waals surface area contributed by atoms with Crippen LogP contribution in [0.25, 0.3) is 0 Å². The summed E-state index contributed by atoms with van der Waals surface area (Å²) in [5, 5.41) is 10.0. The maximum Gasteiger partial charge on any atom is 0.233 e. The monoisotopic (exact) mass is 293 g/mol. The first-order valence-corrected chi connectivity index (χ1v) is 8.19. The van der Waals surface area contributed by atoms with Crippen LogP contribution in [0.1, 0.15) is 31.2 Å². The molecule has 1 aliphatic carbocycles. The van der Waals surface area contributed by atoms with Gasteiger partial charge in [-0.15, -0.1) is 11.8 Å². The summed E-state index contributed by atoms with van der Waals surface area (Å²) in [5.41, 5.74) is 1.23. The van der Waals surface area contributed by atoms with Gasteiger partial charge in [-0.3, -0.25) is 4.79 Å². The van der Waals surface area contributed by atoms with Crippen molar-refractivity contribution in [3.8, 4) is 0 Å². The number of aliphatic hydroxyl groups excluding tert-OH is 1. The molecule has 1 fully saturated rings. The lowest BCUT2D eigenvalue weighted by atomic mass is 9.91. The molecule has 0 heterocycles. The lowest BCUT2D eigenvalue weighted by Gasteiger charge is -2.35. The largest absolute Gasteiger partial charge is 0.391 e. The second-order valence-corrected chi connectivity index (χ2v) is 6.57. The number of benzene rings is 1. The quantitative estimate of drug-likeness (QED) is 0.868. The van der Waals surface area contributed by atoms with E-state index in [4.69, 9.17) is 0 Å². The Morgan fingerprint density at radius 2 is 1.95 bits per heavy atom. The molecule has 4 heteroatoms. The van der Waals surface area contributed by atoms with Gasteiger partial charge in [-0.1, -0.05) is 30.5 Å². The van der Waals surface area contributed by atoms with Crippen molar-refractivity contribution in [3.63, 3.8) is 0 Å². The van der Waals surface area contributed by atoms with Crippen LogP contribution >= 0.6 is 11.8 Å². The zero-order chi connectivity index (χ0) is 14.5. The second-order valence-electron chi connectivity index (χ2n) is 5.53. The SMILES string of the molecule is Cc1ccc(SCC(=O)N(C)C2CCCCC2O)cc1. The normalized spacial score (nSPS) is 22.6. The van der Waals surface area contributed by atoms with Crippen LogP contribution in [0.2, 0.25) is 0 Å². The third kappa shape index (κ3) is 4.00. The van der Waals surface area contributed by atoms with E-state index in [9.17, 15) is 9.90 Å². The number of thioether (sulfide) groups is 1. The number of aryl methyl sites for hydroxylation is 1. The van der Waals surface area contributed by atoms with Crippen LogP contribution < -0.4 is 0 Å². The standard InChI is InChI=1S/C16H23NO2S/c1-12-7-9-13(10-8-12)20-11-16(19)17(2)14-5-3-4-6-15(14)18/h7-10,14-15,18H,3-6,11H2,1-2H3. The molecule has 1 N–H and O–H groups in total. The number of aliphatic hydroxyl groups is 1. The van der Waals surface area contributed by atoms with Crippen LogP contribution in [-0.2, 0) is 4.79 Å². The third-order valence-electron chi connectivity index (χ3n) is 3.97. The molecule has 0 saturated heterocycles. The van der Waals surface area contributed by atoms with Crippen molar-refractivity contribution >= 4 is 17.7 Å². The van der Waals surface area contributed by atoms with Gasteiger partial charge in [0, 0.05) is 11.9 Å². The summed E-state index contributed by atoms with van der Waals surface area (Å²) >= 11 is 1.56. The number of hydrogen-bond donors (Lipinski definition) is 1. The lowest BCUT2D eigenvalue weighted by Crippen LogP contribution is -2.46. The summed E-state index contributed by atoms with van der Waals surface area (Å²) < 4.78 is 0. The Labute approximate surface area is 125 Å². The molecule has 20 heavy (non-hydrogen) atoms. The minimum atomic E-state index is -0.359. The van der Waals surface area contributed by atoms with E-state index in [1.54, 1.807) is 16.7 Å². The molecule has 0 aliphatic heterocycles. The Morgan fingerprint density at radius 3 is 2.60 bits per heavy atom. The Bertz CT molecular complexity index is 446. The fraction of sp³-hybridized carbons (Fsp3) is 0.562. The number of rotatable bonds is 4. The van der Waals surface area contributed by atoms with Gasteiger partial charge in [0.1, 0.15) is 0 Å². The molecule has 0 bridgehead atoms. The van der Waals surface area contributed by atoms with Crippen molar-refractivity contribution in [2.24, 2.45) is 0 Å². The first-order valence-electron chi connectivity index (χ1n) is 7.21. The molecule has 1 aromatic rings. The first-order chi connectivity index (χ1) is 9.58. The molecule has 3 nitrogen and oxygen atoms in total. The van der Waals surface area contributed by atoms with Crippen molar-refractivity contribution in [3.05, 3.63) is 29.8 Å². The van der Waals surface area contributed by atoms with Gasteiger partial charge >= 0.3 is 0 Å². The summed E-state index contributed by atoms with van der Waals surface area (Å²) in [6, 6.07) is 8.20. The fourth-order valence-electron chi connectivity index (χ4n) is 2.61. The number of carbonyl (C=O) groups is 1. The Balaban J connectivity index is 1.86. The first kappa shape index (κ1) is 15.4. The fourth-order valence-corrected chi connectivity index (χ4v) is 3.43. The Morgan fingerprint density at radius 1 is 1.30 bits per heavy atom. The number of likely N-dealkylation sites (N-methyl/N-ethyl adjacent to an activating group) is 1. The number of amides is 1. The van der Waals surface area contributed by atoms with Crippen molar-refractivity contribution in [2.45, 2.75) is 49.6 Å². The van der Waals surface area contributed by atoms with E-state index in [0.29, 0.717) is 5.75 Å². The zero-order valence-electron chi connectivity index (χ0n) is 12.2. The van der Waals surface area contributed by atoms with Crippen molar-refractivity contribution < 1.29 is 9.90 Å². The average Bonchev–Trinajstić information content (AvgIpc) is 2.46. The van der Waals surface area contributed by atoms with Gasteiger partial charge in [0.25, 0.3) is 0 Å². The molecule has 110 valence electrons. The van der Waals surface area contributed by atoms with Gasteiger partial charge in [-0.2, -0.15) is 0 Å². The highest BCUT2D eigenvalue weighted by Crippen LogP contribution is 2.24. The van der Waals surface area contributed by atoms with Crippen molar-refractivity contribution in [1.82, 2.24) is 4.90 Å². The number of nitrogens with zero attached hydrogens (tertiary/aromatic N) is 1. The molecule has 1 aromatic carbocycles. The maximum absolute atomic E-state index is 12.2. The predicted octanol–water partition coefficient (Wildman–Crippen LogP) is 2.85. The van der Waals surface area contributed by atoms with E-state index in [0.717, 1.165) is 30.6 Å².